The van der Waals surface area contributed by atoms with Crippen LogP contribution in [0, 0.1) is 0 Å². The van der Waals surface area contributed by atoms with Gasteiger partial charge in [-0.25, -0.2) is 8.78 Å². The molecule has 1 aliphatic heterocycles. The van der Waals surface area contributed by atoms with Gasteiger partial charge < -0.3 is 20.3 Å². The highest BCUT2D eigenvalue weighted by Crippen LogP contribution is 2.43. The number of piperazine rings is 1. The number of rotatable bonds is 6. The molecule has 1 heterocycles. The Morgan fingerprint density at radius 1 is 1.36 bits per heavy atom. The number of hydrogen-bond donors (Lipinski definition) is 3. The van der Waals surface area contributed by atoms with Crippen LogP contribution < -0.4 is 10.1 Å². The van der Waals surface area contributed by atoms with Crippen LogP contribution in [0.15, 0.2) is 18.2 Å². The van der Waals surface area contributed by atoms with Gasteiger partial charge in [0.2, 0.25) is 0 Å². The molecule has 7 heteroatoms. The van der Waals surface area contributed by atoms with Crippen molar-refractivity contribution < 1.29 is 23.7 Å². The minimum absolute atomic E-state index is 0.0758. The summed E-state index contributed by atoms with van der Waals surface area (Å²) in [5.74, 6) is -3.48. The smallest absolute Gasteiger partial charge is 0.290 e. The third-order valence-corrected chi connectivity index (χ3v) is 3.75. The van der Waals surface area contributed by atoms with Crippen molar-refractivity contribution in [3.63, 3.8) is 0 Å². The molecule has 1 aromatic carbocycles. The average molecular weight is 316 g/mol. The van der Waals surface area contributed by atoms with Crippen molar-refractivity contribution in [1.82, 2.24) is 10.2 Å². The Morgan fingerprint density at radius 3 is 2.64 bits per heavy atom. The van der Waals surface area contributed by atoms with E-state index in [-0.39, 0.29) is 17.1 Å². The molecule has 1 atom stereocenters. The summed E-state index contributed by atoms with van der Waals surface area (Å²) in [6.07, 6.45) is 0. The lowest BCUT2D eigenvalue weighted by molar-refractivity contribution is -0.119. The number of para-hydroxylation sites is 1. The lowest BCUT2D eigenvalue weighted by Gasteiger charge is -2.39. The van der Waals surface area contributed by atoms with E-state index < -0.39 is 18.6 Å². The second-order valence-corrected chi connectivity index (χ2v) is 5.23. The minimum Gasteiger partial charge on any atom is -0.504 e. The van der Waals surface area contributed by atoms with Crippen molar-refractivity contribution >= 4 is 0 Å². The van der Waals surface area contributed by atoms with Crippen LogP contribution in [0.3, 0.4) is 0 Å². The molecule has 5 nitrogen and oxygen atoms in total. The Labute approximate surface area is 128 Å². The molecular formula is C15H22F2N2O3. The molecule has 0 radical (unpaired) electrons. The quantitative estimate of drug-likeness (QED) is 0.740. The summed E-state index contributed by atoms with van der Waals surface area (Å²) in [6, 6.07) is 3.17. The van der Waals surface area contributed by atoms with E-state index in [1.165, 1.54) is 12.1 Å². The molecule has 0 spiro atoms. The second kappa shape index (κ2) is 7.21. The van der Waals surface area contributed by atoms with Crippen LogP contribution in [0.5, 0.6) is 11.5 Å². The fourth-order valence-corrected chi connectivity index (χ4v) is 2.75. The number of nitrogens with zero attached hydrogens (tertiary/aromatic N) is 1. The zero-order valence-corrected chi connectivity index (χ0v) is 12.6. The number of ether oxygens (including phenoxy) is 1. The summed E-state index contributed by atoms with van der Waals surface area (Å²) in [6.45, 7) is 2.80. The van der Waals surface area contributed by atoms with Gasteiger partial charge in [-0.15, -0.1) is 0 Å². The van der Waals surface area contributed by atoms with Gasteiger partial charge in [0.05, 0.1) is 6.61 Å². The molecule has 1 fully saturated rings. The number of aliphatic hydroxyl groups excluding tert-OH is 1. The highest BCUT2D eigenvalue weighted by molar-refractivity contribution is 5.47. The number of phenolic OH excluding ortho intramolecular Hbond substituents is 1. The molecule has 1 aromatic rings. The monoisotopic (exact) mass is 316 g/mol. The molecule has 0 aromatic heterocycles. The van der Waals surface area contributed by atoms with Crippen LogP contribution in [-0.4, -0.2) is 60.4 Å². The van der Waals surface area contributed by atoms with Crippen molar-refractivity contribution in [3.05, 3.63) is 23.8 Å². The molecular weight excluding hydrogens is 294 g/mol. The maximum atomic E-state index is 14.3. The number of aliphatic hydroxyl groups is 1. The van der Waals surface area contributed by atoms with Crippen molar-refractivity contribution in [2.24, 2.45) is 0 Å². The number of alkyl halides is 2. The summed E-state index contributed by atoms with van der Waals surface area (Å²) >= 11 is 0. The van der Waals surface area contributed by atoms with Crippen molar-refractivity contribution in [2.45, 2.75) is 18.9 Å². The van der Waals surface area contributed by atoms with Crippen LogP contribution in [0.1, 0.15) is 18.5 Å². The van der Waals surface area contributed by atoms with Gasteiger partial charge in [-0.1, -0.05) is 12.1 Å². The van der Waals surface area contributed by atoms with Gasteiger partial charge in [-0.3, -0.25) is 4.90 Å². The van der Waals surface area contributed by atoms with Crippen LogP contribution in [-0.2, 0) is 0 Å². The van der Waals surface area contributed by atoms with Crippen molar-refractivity contribution in [2.75, 3.05) is 39.4 Å². The highest BCUT2D eigenvalue weighted by Gasteiger charge is 2.45. The van der Waals surface area contributed by atoms with E-state index in [4.69, 9.17) is 9.84 Å². The van der Waals surface area contributed by atoms with Gasteiger partial charge >= 0.3 is 0 Å². The first-order valence-electron chi connectivity index (χ1n) is 7.39. The number of phenols is 1. The van der Waals surface area contributed by atoms with Gasteiger partial charge in [0.1, 0.15) is 12.6 Å². The van der Waals surface area contributed by atoms with Gasteiger partial charge in [-0.2, -0.15) is 0 Å². The normalized spacial score (nSPS) is 18.2. The summed E-state index contributed by atoms with van der Waals surface area (Å²) in [7, 11) is 0. The maximum Gasteiger partial charge on any atom is 0.290 e. The zero-order chi connectivity index (χ0) is 16.2. The van der Waals surface area contributed by atoms with E-state index in [1.807, 2.05) is 0 Å². The maximum absolute atomic E-state index is 14.3. The molecule has 124 valence electrons. The number of benzene rings is 1. The van der Waals surface area contributed by atoms with Crippen molar-refractivity contribution in [3.8, 4) is 11.5 Å². The SMILES string of the molecule is CCOc1cccc([C@@H](N2CCNCC2)C(F)(F)CO)c1O. The van der Waals surface area contributed by atoms with E-state index >= 15 is 0 Å². The Kier molecular flexibility index (Phi) is 5.55. The Balaban J connectivity index is 2.42. The zero-order valence-electron chi connectivity index (χ0n) is 12.6. The molecule has 0 amide bonds. The molecule has 1 aliphatic rings. The van der Waals surface area contributed by atoms with Crippen LogP contribution in [0.2, 0.25) is 0 Å². The predicted octanol–water partition coefficient (Wildman–Crippen LogP) is 1.36. The largest absolute Gasteiger partial charge is 0.504 e. The lowest BCUT2D eigenvalue weighted by atomic mass is 9.97. The third-order valence-electron chi connectivity index (χ3n) is 3.75. The second-order valence-electron chi connectivity index (χ2n) is 5.23. The summed E-state index contributed by atoms with van der Waals surface area (Å²) < 4.78 is 33.9. The molecule has 2 rings (SSSR count). The summed E-state index contributed by atoms with van der Waals surface area (Å²) in [4.78, 5) is 1.58. The number of hydrogen-bond acceptors (Lipinski definition) is 5. The third kappa shape index (κ3) is 3.48. The Hall–Kier alpha value is -1.44. The molecule has 0 unspecified atom stereocenters. The van der Waals surface area contributed by atoms with E-state index in [1.54, 1.807) is 17.9 Å². The van der Waals surface area contributed by atoms with Gasteiger partial charge in [-0.05, 0) is 13.0 Å². The molecule has 0 aliphatic carbocycles. The van der Waals surface area contributed by atoms with Crippen LogP contribution in [0.25, 0.3) is 0 Å². The summed E-state index contributed by atoms with van der Waals surface area (Å²) in [5, 5.41) is 22.5. The first-order valence-corrected chi connectivity index (χ1v) is 7.39. The van der Waals surface area contributed by atoms with E-state index in [0.29, 0.717) is 32.8 Å². The average Bonchev–Trinajstić information content (AvgIpc) is 2.52. The Bertz CT molecular complexity index is 494. The first kappa shape index (κ1) is 16.9. The van der Waals surface area contributed by atoms with Crippen LogP contribution in [0.4, 0.5) is 8.78 Å². The lowest BCUT2D eigenvalue weighted by Crippen LogP contribution is -2.51. The van der Waals surface area contributed by atoms with E-state index in [0.717, 1.165) is 0 Å². The molecule has 22 heavy (non-hydrogen) atoms. The summed E-state index contributed by atoms with van der Waals surface area (Å²) in [5.41, 5.74) is 0.0758. The molecule has 0 bridgehead atoms. The topological polar surface area (TPSA) is 65.0 Å². The molecule has 1 saturated heterocycles. The van der Waals surface area contributed by atoms with Crippen molar-refractivity contribution in [1.29, 1.82) is 0 Å². The van der Waals surface area contributed by atoms with Gasteiger partial charge in [0.15, 0.2) is 11.5 Å². The standard InChI is InChI=1S/C15H22F2N2O3/c1-2-22-12-5-3-4-11(13(12)21)14(15(16,17)10-20)19-8-6-18-7-9-19/h3-5,14,18,20-21H,2,6-10H2,1H3/t14-/m1/s1. The Morgan fingerprint density at radius 2 is 2.05 bits per heavy atom. The predicted molar refractivity (Wildman–Crippen MR) is 78.5 cm³/mol. The molecule has 0 saturated carbocycles. The van der Waals surface area contributed by atoms with Crippen LogP contribution >= 0.6 is 0 Å². The fraction of sp³-hybridized carbons (Fsp3) is 0.600. The first-order chi connectivity index (χ1) is 10.5. The van der Waals surface area contributed by atoms with E-state index in [2.05, 4.69) is 5.32 Å². The van der Waals surface area contributed by atoms with E-state index in [9.17, 15) is 13.9 Å². The van der Waals surface area contributed by atoms with Gasteiger partial charge in [0.25, 0.3) is 5.92 Å². The number of halogens is 2. The number of aromatic hydroxyl groups is 1. The minimum atomic E-state index is -3.36. The number of nitrogens with one attached hydrogen (secondary N) is 1. The highest BCUT2D eigenvalue weighted by atomic mass is 19.3. The fourth-order valence-electron chi connectivity index (χ4n) is 2.75. The van der Waals surface area contributed by atoms with Gasteiger partial charge in [0, 0.05) is 31.7 Å². The molecule has 3 N–H and O–H groups in total.